The minimum atomic E-state index is -3.96. The third-order valence-corrected chi connectivity index (χ3v) is 7.20. The lowest BCUT2D eigenvalue weighted by Gasteiger charge is -2.26. The predicted molar refractivity (Wildman–Crippen MR) is 108 cm³/mol. The zero-order valence-electron chi connectivity index (χ0n) is 16.3. The largest absolute Gasteiger partial charge is 0.320 e. The van der Waals surface area contributed by atoms with Crippen LogP contribution >= 0.6 is 0 Å². The molecule has 2 heterocycles. The highest BCUT2D eigenvalue weighted by Crippen LogP contribution is 2.31. The fourth-order valence-electron chi connectivity index (χ4n) is 3.62. The average molecular weight is 425 g/mol. The molecule has 2 aliphatic heterocycles. The van der Waals surface area contributed by atoms with Crippen LogP contribution in [0.3, 0.4) is 0 Å². The Bertz CT molecular complexity index is 1180. The molecule has 0 radical (unpaired) electrons. The van der Waals surface area contributed by atoms with Gasteiger partial charge in [-0.15, -0.1) is 0 Å². The molecule has 1 atom stereocenters. The van der Waals surface area contributed by atoms with Gasteiger partial charge < -0.3 is 10.6 Å². The average Bonchev–Trinajstić information content (AvgIpc) is 2.85. The Morgan fingerprint density at radius 1 is 0.900 bits per heavy atom. The topological polar surface area (TPSA) is 113 Å². The van der Waals surface area contributed by atoms with Gasteiger partial charge >= 0.3 is 6.03 Å². The molecule has 0 aromatic heterocycles. The molecule has 30 heavy (non-hydrogen) atoms. The van der Waals surface area contributed by atoms with Gasteiger partial charge in [0.1, 0.15) is 6.17 Å². The predicted octanol–water partition coefficient (Wildman–Crippen LogP) is 2.33. The summed E-state index contributed by atoms with van der Waals surface area (Å²) in [5.74, 6) is -1.15. The maximum atomic E-state index is 13.3. The third kappa shape index (κ3) is 3.17. The summed E-state index contributed by atoms with van der Waals surface area (Å²) in [7, 11) is -3.96. The van der Waals surface area contributed by atoms with Crippen molar-refractivity contribution in [3.63, 3.8) is 0 Å². The zero-order valence-corrected chi connectivity index (χ0v) is 17.1. The van der Waals surface area contributed by atoms with E-state index in [1.165, 1.54) is 31.2 Å². The van der Waals surface area contributed by atoms with E-state index in [1.807, 2.05) is 6.92 Å². The number of rotatable bonds is 3. The van der Waals surface area contributed by atoms with Gasteiger partial charge in [-0.25, -0.2) is 13.2 Å². The quantitative estimate of drug-likeness (QED) is 0.733. The van der Waals surface area contributed by atoms with Crippen molar-refractivity contribution in [3.05, 3.63) is 75.8 Å². The van der Waals surface area contributed by atoms with Crippen LogP contribution in [0.1, 0.15) is 39.6 Å². The molecule has 0 bridgehead atoms. The van der Waals surface area contributed by atoms with Crippen LogP contribution in [0.25, 0.3) is 0 Å². The number of benzene rings is 2. The van der Waals surface area contributed by atoms with Crippen LogP contribution in [0.2, 0.25) is 0 Å². The minimum Gasteiger partial charge on any atom is -0.317 e. The molecule has 0 aliphatic carbocycles. The molecule has 4 rings (SSSR count). The van der Waals surface area contributed by atoms with Gasteiger partial charge in [0.25, 0.3) is 11.8 Å². The molecule has 1 unspecified atom stereocenters. The van der Waals surface area contributed by atoms with Gasteiger partial charge in [-0.3, -0.25) is 14.5 Å². The molecule has 2 N–H and O–H groups in total. The van der Waals surface area contributed by atoms with Crippen LogP contribution in [0, 0.1) is 6.92 Å². The molecule has 0 fully saturated rings. The van der Waals surface area contributed by atoms with Crippen LogP contribution in [-0.4, -0.2) is 37.3 Å². The first kappa shape index (κ1) is 19.8. The number of urea groups is 1. The molecule has 2 aromatic carbocycles. The number of carbonyl (C=O) groups is 3. The summed E-state index contributed by atoms with van der Waals surface area (Å²) in [6.45, 7) is 3.32. The van der Waals surface area contributed by atoms with Crippen LogP contribution in [0.4, 0.5) is 4.79 Å². The number of aryl methyl sites for hydroxylation is 1. The van der Waals surface area contributed by atoms with Crippen LogP contribution < -0.4 is 10.6 Å². The lowest BCUT2D eigenvalue weighted by Crippen LogP contribution is -2.51. The number of fused-ring (bicyclic) bond motifs is 1. The summed E-state index contributed by atoms with van der Waals surface area (Å²) < 4.78 is 26.6. The first-order valence-electron chi connectivity index (χ1n) is 9.26. The van der Waals surface area contributed by atoms with E-state index < -0.39 is 33.8 Å². The molecule has 0 saturated heterocycles. The maximum absolute atomic E-state index is 13.3. The van der Waals surface area contributed by atoms with E-state index in [0.717, 1.165) is 10.5 Å². The number of nitrogens with zero attached hydrogens (tertiary/aromatic N) is 1. The Labute approximate surface area is 173 Å². The Morgan fingerprint density at radius 3 is 2.03 bits per heavy atom. The normalized spacial score (nSPS) is 19.3. The second kappa shape index (κ2) is 7.10. The maximum Gasteiger partial charge on any atom is 0.320 e. The van der Waals surface area contributed by atoms with E-state index in [4.69, 9.17) is 0 Å². The number of carbonyl (C=O) groups excluding carboxylic acids is 3. The van der Waals surface area contributed by atoms with Crippen LogP contribution in [-0.2, 0) is 9.84 Å². The van der Waals surface area contributed by atoms with Gasteiger partial charge in [0.2, 0.25) is 9.84 Å². The summed E-state index contributed by atoms with van der Waals surface area (Å²) in [5.41, 5.74) is 1.49. The van der Waals surface area contributed by atoms with Gasteiger partial charge in [-0.1, -0.05) is 29.8 Å². The number of allylic oxidation sites excluding steroid dienone is 1. The molecule has 4 amide bonds. The molecular weight excluding hydrogens is 406 g/mol. The smallest absolute Gasteiger partial charge is 0.317 e. The highest BCUT2D eigenvalue weighted by Gasteiger charge is 2.43. The number of imide groups is 1. The molecule has 154 valence electrons. The van der Waals surface area contributed by atoms with Gasteiger partial charge in [0, 0.05) is 12.1 Å². The van der Waals surface area contributed by atoms with E-state index in [-0.39, 0.29) is 33.0 Å². The minimum absolute atomic E-state index is 0.0636. The summed E-state index contributed by atoms with van der Waals surface area (Å²) in [5, 5.41) is 5.02. The Kier molecular flexibility index (Phi) is 4.70. The van der Waals surface area contributed by atoms with E-state index in [2.05, 4.69) is 10.6 Å². The lowest BCUT2D eigenvalue weighted by atomic mass is 10.1. The highest BCUT2D eigenvalue weighted by molar-refractivity contribution is 7.95. The molecule has 9 heteroatoms. The Morgan fingerprint density at radius 2 is 1.47 bits per heavy atom. The fourth-order valence-corrected chi connectivity index (χ4v) is 5.24. The molecule has 2 aliphatic rings. The van der Waals surface area contributed by atoms with Crippen molar-refractivity contribution in [1.82, 2.24) is 15.5 Å². The molecule has 0 saturated carbocycles. The SMILES string of the molecule is CC1=C(S(=O)(=O)c2ccc(C)cc2)CC(N2C(=O)c3ccccc3C2=O)NC(=O)N1. The fraction of sp³-hybridized carbons (Fsp3) is 0.190. The third-order valence-electron chi connectivity index (χ3n) is 5.19. The summed E-state index contributed by atoms with van der Waals surface area (Å²) in [4.78, 5) is 38.9. The van der Waals surface area contributed by atoms with Crippen molar-refractivity contribution in [1.29, 1.82) is 0 Å². The molecule has 8 nitrogen and oxygen atoms in total. The number of sulfone groups is 1. The first-order valence-corrected chi connectivity index (χ1v) is 10.7. The van der Waals surface area contributed by atoms with Gasteiger partial charge in [-0.2, -0.15) is 0 Å². The van der Waals surface area contributed by atoms with Crippen molar-refractivity contribution in [2.24, 2.45) is 0 Å². The summed E-state index contributed by atoms with van der Waals surface area (Å²) in [6.07, 6.45) is -1.39. The van der Waals surface area contributed by atoms with E-state index in [9.17, 15) is 22.8 Å². The number of hydrogen-bond donors (Lipinski definition) is 2. The van der Waals surface area contributed by atoms with Crippen molar-refractivity contribution in [2.75, 3.05) is 0 Å². The second-order valence-corrected chi connectivity index (χ2v) is 9.18. The number of nitrogens with one attached hydrogen (secondary N) is 2. The van der Waals surface area contributed by atoms with Gasteiger partial charge in [0.05, 0.1) is 20.9 Å². The lowest BCUT2D eigenvalue weighted by molar-refractivity contribution is 0.0567. The Hall–Kier alpha value is -3.46. The monoisotopic (exact) mass is 425 g/mol. The van der Waals surface area contributed by atoms with Gasteiger partial charge in [-0.05, 0) is 38.1 Å². The molecule has 0 spiro atoms. The van der Waals surface area contributed by atoms with E-state index in [1.54, 1.807) is 24.3 Å². The summed E-state index contributed by atoms with van der Waals surface area (Å²) in [6, 6.07) is 12.0. The zero-order chi connectivity index (χ0) is 21.6. The second-order valence-electron chi connectivity index (χ2n) is 7.21. The van der Waals surface area contributed by atoms with Crippen LogP contribution in [0.5, 0.6) is 0 Å². The standard InChI is InChI=1S/C21H19N3O5S/c1-12-7-9-14(10-8-12)30(28,29)17-11-18(23-21(27)22-13(17)2)24-19(25)15-5-3-4-6-16(15)20(24)26/h3-10,18H,11H2,1-2H3,(H2,22,23,27). The van der Waals surface area contributed by atoms with E-state index >= 15 is 0 Å². The first-order chi connectivity index (χ1) is 14.2. The van der Waals surface area contributed by atoms with Crippen molar-refractivity contribution in [3.8, 4) is 0 Å². The van der Waals surface area contributed by atoms with Crippen molar-refractivity contribution >= 4 is 27.7 Å². The number of amides is 4. The van der Waals surface area contributed by atoms with Crippen molar-refractivity contribution < 1.29 is 22.8 Å². The Balaban J connectivity index is 1.75. The number of hydrogen-bond acceptors (Lipinski definition) is 5. The highest BCUT2D eigenvalue weighted by atomic mass is 32.2. The van der Waals surface area contributed by atoms with Crippen LogP contribution in [0.15, 0.2) is 64.0 Å². The molecular formula is C21H19N3O5S. The molecule has 2 aromatic rings. The summed E-state index contributed by atoms with van der Waals surface area (Å²) >= 11 is 0. The van der Waals surface area contributed by atoms with Gasteiger partial charge in [0.15, 0.2) is 0 Å². The van der Waals surface area contributed by atoms with E-state index in [0.29, 0.717) is 0 Å². The van der Waals surface area contributed by atoms with Crippen molar-refractivity contribution in [2.45, 2.75) is 31.3 Å².